The second-order valence-corrected chi connectivity index (χ2v) is 4.94. The molecule has 0 bridgehead atoms. The summed E-state index contributed by atoms with van der Waals surface area (Å²) in [4.78, 5) is 4.22. The van der Waals surface area contributed by atoms with Crippen LogP contribution in [-0.2, 0) is 5.60 Å². The maximum absolute atomic E-state index is 11.4. The molecule has 0 unspecified atom stereocenters. The third kappa shape index (κ3) is 2.19. The van der Waals surface area contributed by atoms with Crippen LogP contribution < -0.4 is 0 Å². The van der Waals surface area contributed by atoms with Crippen LogP contribution >= 0.6 is 0 Å². The summed E-state index contributed by atoms with van der Waals surface area (Å²) < 4.78 is 0. The first-order valence-electron chi connectivity index (χ1n) is 6.84. The molecule has 0 aromatic heterocycles. The van der Waals surface area contributed by atoms with Gasteiger partial charge in [-0.1, -0.05) is 60.7 Å². The first kappa shape index (κ1) is 12.8. The van der Waals surface area contributed by atoms with Crippen molar-refractivity contribution in [2.24, 2.45) is 4.99 Å². The molecule has 20 heavy (non-hydrogen) atoms. The lowest BCUT2D eigenvalue weighted by atomic mass is 9.78. The van der Waals surface area contributed by atoms with Crippen LogP contribution in [0.3, 0.4) is 0 Å². The van der Waals surface area contributed by atoms with E-state index in [4.69, 9.17) is 0 Å². The maximum Gasteiger partial charge on any atom is 0.137 e. The Morgan fingerprint density at radius 2 is 1.40 bits per heavy atom. The normalized spacial score (nSPS) is 14.9. The Morgan fingerprint density at radius 3 is 1.85 bits per heavy atom. The third-order valence-corrected chi connectivity index (χ3v) is 3.74. The SMILES string of the molecule is OC(C1=CC=NCC1)(c1ccccc1)c1ccccc1. The summed E-state index contributed by atoms with van der Waals surface area (Å²) in [6.45, 7) is 0.730. The highest BCUT2D eigenvalue weighted by Gasteiger charge is 2.35. The van der Waals surface area contributed by atoms with Crippen LogP contribution in [0.2, 0.25) is 0 Å². The van der Waals surface area contributed by atoms with Crippen molar-refractivity contribution in [2.45, 2.75) is 12.0 Å². The van der Waals surface area contributed by atoms with Crippen molar-refractivity contribution in [1.82, 2.24) is 0 Å². The average Bonchev–Trinajstić information content (AvgIpc) is 2.56. The summed E-state index contributed by atoms with van der Waals surface area (Å²) in [7, 11) is 0. The Balaban J connectivity index is 2.18. The van der Waals surface area contributed by atoms with Gasteiger partial charge < -0.3 is 5.11 Å². The van der Waals surface area contributed by atoms with Gasteiger partial charge in [-0.2, -0.15) is 0 Å². The second-order valence-electron chi connectivity index (χ2n) is 4.94. The molecule has 0 radical (unpaired) electrons. The molecular weight excluding hydrogens is 246 g/mol. The van der Waals surface area contributed by atoms with Crippen LogP contribution in [0.15, 0.2) is 77.3 Å². The molecule has 0 saturated carbocycles. The first-order chi connectivity index (χ1) is 9.82. The van der Waals surface area contributed by atoms with Crippen molar-refractivity contribution in [3.63, 3.8) is 0 Å². The largest absolute Gasteiger partial charge is 0.376 e. The highest BCUT2D eigenvalue weighted by atomic mass is 16.3. The van der Waals surface area contributed by atoms with E-state index in [1.54, 1.807) is 6.21 Å². The minimum Gasteiger partial charge on any atom is -0.376 e. The number of allylic oxidation sites excluding steroid dienone is 1. The van der Waals surface area contributed by atoms with Gasteiger partial charge in [0.15, 0.2) is 0 Å². The predicted octanol–water partition coefficient (Wildman–Crippen LogP) is 3.32. The molecule has 2 aromatic carbocycles. The van der Waals surface area contributed by atoms with Gasteiger partial charge in [-0.25, -0.2) is 0 Å². The van der Waals surface area contributed by atoms with Gasteiger partial charge in [-0.3, -0.25) is 4.99 Å². The third-order valence-electron chi connectivity index (χ3n) is 3.74. The van der Waals surface area contributed by atoms with E-state index in [1.165, 1.54) is 0 Å². The van der Waals surface area contributed by atoms with Crippen molar-refractivity contribution >= 4 is 6.21 Å². The standard InChI is InChI=1S/C18H17NO/c20-18(15-7-3-1-4-8-15,16-9-5-2-6-10-16)17-11-13-19-14-12-17/h1-11,13,20H,12,14H2. The van der Waals surface area contributed by atoms with Crippen LogP contribution in [0.4, 0.5) is 0 Å². The molecule has 0 atom stereocenters. The smallest absolute Gasteiger partial charge is 0.137 e. The van der Waals surface area contributed by atoms with Crippen LogP contribution in [0.5, 0.6) is 0 Å². The molecule has 1 heterocycles. The molecule has 2 heteroatoms. The van der Waals surface area contributed by atoms with Crippen molar-refractivity contribution < 1.29 is 5.11 Å². The van der Waals surface area contributed by atoms with Crippen LogP contribution in [0, 0.1) is 0 Å². The second kappa shape index (κ2) is 5.43. The first-order valence-corrected chi connectivity index (χ1v) is 6.84. The predicted molar refractivity (Wildman–Crippen MR) is 81.9 cm³/mol. The Morgan fingerprint density at radius 1 is 0.850 bits per heavy atom. The lowest BCUT2D eigenvalue weighted by Crippen LogP contribution is -2.31. The summed E-state index contributed by atoms with van der Waals surface area (Å²) in [5.41, 5.74) is 1.71. The lowest BCUT2D eigenvalue weighted by Gasteiger charge is -2.33. The number of nitrogens with zero attached hydrogens (tertiary/aromatic N) is 1. The molecule has 2 aromatic rings. The van der Waals surface area contributed by atoms with Gasteiger partial charge in [0.25, 0.3) is 0 Å². The number of rotatable bonds is 3. The molecule has 1 aliphatic rings. The number of hydrogen-bond donors (Lipinski definition) is 1. The zero-order valence-electron chi connectivity index (χ0n) is 11.2. The van der Waals surface area contributed by atoms with E-state index in [0.29, 0.717) is 0 Å². The molecular formula is C18H17NO. The number of benzene rings is 2. The van der Waals surface area contributed by atoms with Gasteiger partial charge >= 0.3 is 0 Å². The molecule has 0 fully saturated rings. The quantitative estimate of drug-likeness (QED) is 0.905. The fraction of sp³-hybridized carbons (Fsp3) is 0.167. The average molecular weight is 263 g/mol. The maximum atomic E-state index is 11.4. The number of aliphatic imine (C=N–C) groups is 1. The summed E-state index contributed by atoms with van der Waals surface area (Å²) >= 11 is 0. The van der Waals surface area contributed by atoms with Crippen molar-refractivity contribution in [2.75, 3.05) is 6.54 Å². The van der Waals surface area contributed by atoms with Crippen molar-refractivity contribution in [1.29, 1.82) is 0 Å². The topological polar surface area (TPSA) is 32.6 Å². The van der Waals surface area contributed by atoms with E-state index in [0.717, 1.165) is 29.7 Å². The zero-order chi connectivity index (χ0) is 13.8. The molecule has 0 saturated heterocycles. The van der Waals surface area contributed by atoms with Crippen LogP contribution in [-0.4, -0.2) is 17.9 Å². The zero-order valence-corrected chi connectivity index (χ0v) is 11.2. The molecule has 1 N–H and O–H groups in total. The van der Waals surface area contributed by atoms with Gasteiger partial charge in [-0.05, 0) is 29.2 Å². The molecule has 0 aliphatic carbocycles. The van der Waals surface area contributed by atoms with Gasteiger partial charge in [0.05, 0.1) is 0 Å². The fourth-order valence-electron chi connectivity index (χ4n) is 2.68. The monoisotopic (exact) mass is 263 g/mol. The van der Waals surface area contributed by atoms with E-state index in [-0.39, 0.29) is 0 Å². The van der Waals surface area contributed by atoms with E-state index < -0.39 is 5.60 Å². The molecule has 0 amide bonds. The molecule has 3 rings (SSSR count). The Kier molecular flexibility index (Phi) is 3.48. The van der Waals surface area contributed by atoms with Gasteiger partial charge in [0.2, 0.25) is 0 Å². The highest BCUT2D eigenvalue weighted by molar-refractivity contribution is 5.74. The van der Waals surface area contributed by atoms with E-state index >= 15 is 0 Å². The molecule has 100 valence electrons. The van der Waals surface area contributed by atoms with Gasteiger partial charge in [0.1, 0.15) is 5.60 Å². The Labute approximate surface area is 119 Å². The number of dihydropyridines is 1. The Hall–Kier alpha value is -2.19. The summed E-state index contributed by atoms with van der Waals surface area (Å²) in [5.74, 6) is 0. The lowest BCUT2D eigenvalue weighted by molar-refractivity contribution is 0.117. The van der Waals surface area contributed by atoms with Crippen molar-refractivity contribution in [3.05, 3.63) is 83.4 Å². The minimum absolute atomic E-state index is 0.730. The van der Waals surface area contributed by atoms with Crippen LogP contribution in [0.1, 0.15) is 17.5 Å². The molecule has 2 nitrogen and oxygen atoms in total. The van der Waals surface area contributed by atoms with Gasteiger partial charge in [-0.15, -0.1) is 0 Å². The Bertz CT molecular complexity index is 589. The van der Waals surface area contributed by atoms with E-state index in [2.05, 4.69) is 4.99 Å². The minimum atomic E-state index is -1.07. The molecule has 1 aliphatic heterocycles. The summed E-state index contributed by atoms with van der Waals surface area (Å²) in [5, 5.41) is 11.4. The van der Waals surface area contributed by atoms with Crippen molar-refractivity contribution in [3.8, 4) is 0 Å². The van der Waals surface area contributed by atoms with E-state index in [1.807, 2.05) is 66.7 Å². The summed E-state index contributed by atoms with van der Waals surface area (Å²) in [6.07, 6.45) is 4.50. The van der Waals surface area contributed by atoms with E-state index in [9.17, 15) is 5.11 Å². The van der Waals surface area contributed by atoms with Crippen LogP contribution in [0.25, 0.3) is 0 Å². The number of aliphatic hydroxyl groups is 1. The molecule has 0 spiro atoms. The summed E-state index contributed by atoms with van der Waals surface area (Å²) in [6, 6.07) is 19.7. The highest BCUT2D eigenvalue weighted by Crippen LogP contribution is 2.38. The number of hydrogen-bond acceptors (Lipinski definition) is 2. The fourth-order valence-corrected chi connectivity index (χ4v) is 2.68. The van der Waals surface area contributed by atoms with Gasteiger partial charge in [0, 0.05) is 12.8 Å².